The average Bonchev–Trinajstić information content (AvgIpc) is 2.60. The Morgan fingerprint density at radius 3 is 2.56 bits per heavy atom. The van der Waals surface area contributed by atoms with Crippen LogP contribution in [-0.2, 0) is 0 Å². The van der Waals surface area contributed by atoms with Crippen molar-refractivity contribution in [1.29, 1.82) is 0 Å². The number of nitrogens with one attached hydrogen (secondary N) is 2. The lowest BCUT2D eigenvalue weighted by Gasteiger charge is -2.18. The van der Waals surface area contributed by atoms with Gasteiger partial charge in [-0.1, -0.05) is 31.2 Å². The summed E-state index contributed by atoms with van der Waals surface area (Å²) in [5, 5.41) is 7.86. The van der Waals surface area contributed by atoms with E-state index in [1.807, 2.05) is 24.3 Å². The fraction of sp³-hybridized carbons (Fsp3) is 0.300. The first-order chi connectivity index (χ1) is 12.0. The molecule has 25 heavy (non-hydrogen) atoms. The van der Waals surface area contributed by atoms with E-state index in [1.165, 1.54) is 16.8 Å². The number of thiocarbonyl (C=S) groups is 1. The Morgan fingerprint density at radius 1 is 1.16 bits per heavy atom. The molecular weight excluding hydrogens is 328 g/mol. The molecule has 0 fully saturated rings. The minimum absolute atomic E-state index is 0.476. The van der Waals surface area contributed by atoms with E-state index in [1.54, 1.807) is 6.21 Å². The normalized spacial score (nSPS) is 10.7. The van der Waals surface area contributed by atoms with Gasteiger partial charge in [0.25, 0.3) is 0 Å². The Labute approximate surface area is 155 Å². The van der Waals surface area contributed by atoms with Crippen LogP contribution in [0, 0.1) is 13.8 Å². The highest BCUT2D eigenvalue weighted by molar-refractivity contribution is 7.80. The monoisotopic (exact) mass is 354 g/mol. The second-order valence-electron chi connectivity index (χ2n) is 6.08. The van der Waals surface area contributed by atoms with Gasteiger partial charge in [-0.15, -0.1) is 0 Å². The number of hydrogen-bond acceptors (Lipinski definition) is 3. The van der Waals surface area contributed by atoms with Crippen molar-refractivity contribution >= 4 is 34.9 Å². The van der Waals surface area contributed by atoms with E-state index in [0.717, 1.165) is 24.2 Å². The first-order valence-electron chi connectivity index (χ1n) is 8.48. The fourth-order valence-corrected chi connectivity index (χ4v) is 2.64. The van der Waals surface area contributed by atoms with Crippen LogP contribution in [0.15, 0.2) is 47.6 Å². The molecule has 0 saturated carbocycles. The number of anilines is 2. The summed E-state index contributed by atoms with van der Waals surface area (Å²) in [6.07, 6.45) is 2.90. The maximum atomic E-state index is 5.30. The van der Waals surface area contributed by atoms with Gasteiger partial charge in [-0.25, -0.2) is 0 Å². The molecule has 0 aliphatic heterocycles. The van der Waals surface area contributed by atoms with Crippen molar-refractivity contribution in [2.45, 2.75) is 27.2 Å². The zero-order valence-electron chi connectivity index (χ0n) is 15.3. The van der Waals surface area contributed by atoms with Gasteiger partial charge in [0.15, 0.2) is 5.11 Å². The fourth-order valence-electron chi connectivity index (χ4n) is 2.48. The van der Waals surface area contributed by atoms with E-state index in [4.69, 9.17) is 12.2 Å². The summed E-state index contributed by atoms with van der Waals surface area (Å²) in [6, 6.07) is 14.4. The molecule has 0 bridgehead atoms. The van der Waals surface area contributed by atoms with E-state index in [2.05, 4.69) is 66.8 Å². The van der Waals surface area contributed by atoms with Crippen molar-refractivity contribution in [3.8, 4) is 0 Å². The van der Waals surface area contributed by atoms with Crippen molar-refractivity contribution in [1.82, 2.24) is 5.43 Å². The lowest BCUT2D eigenvalue weighted by molar-refractivity contribution is 0.852. The summed E-state index contributed by atoms with van der Waals surface area (Å²) in [4.78, 5) is 2.24. The van der Waals surface area contributed by atoms with Gasteiger partial charge in [-0.05, 0) is 67.4 Å². The van der Waals surface area contributed by atoms with Crippen LogP contribution in [0.25, 0.3) is 0 Å². The molecule has 0 saturated heterocycles. The number of hydrogen-bond donors (Lipinski definition) is 2. The first-order valence-corrected chi connectivity index (χ1v) is 8.89. The topological polar surface area (TPSA) is 39.7 Å². The summed E-state index contributed by atoms with van der Waals surface area (Å²) in [5.74, 6) is 0. The van der Waals surface area contributed by atoms with Gasteiger partial charge in [0.1, 0.15) is 0 Å². The number of nitrogens with zero attached hydrogens (tertiary/aromatic N) is 2. The summed E-state index contributed by atoms with van der Waals surface area (Å²) in [6.45, 7) is 7.38. The Balaban J connectivity index is 1.90. The van der Waals surface area contributed by atoms with Gasteiger partial charge in [-0.3, -0.25) is 5.43 Å². The van der Waals surface area contributed by atoms with Crippen LogP contribution in [0.4, 0.5) is 11.4 Å². The van der Waals surface area contributed by atoms with Gasteiger partial charge in [0.05, 0.1) is 6.21 Å². The van der Waals surface area contributed by atoms with Gasteiger partial charge in [0.2, 0.25) is 0 Å². The molecule has 0 spiro atoms. The Hall–Kier alpha value is -2.40. The molecule has 0 atom stereocenters. The third kappa shape index (κ3) is 5.57. The highest BCUT2D eigenvalue weighted by Crippen LogP contribution is 2.17. The summed E-state index contributed by atoms with van der Waals surface area (Å²) >= 11 is 5.30. The smallest absolute Gasteiger partial charge is 0.191 e. The molecule has 2 rings (SSSR count). The third-order valence-corrected chi connectivity index (χ3v) is 4.32. The van der Waals surface area contributed by atoms with Gasteiger partial charge in [-0.2, -0.15) is 5.10 Å². The Morgan fingerprint density at radius 2 is 1.88 bits per heavy atom. The first kappa shape index (κ1) is 18.9. The zero-order chi connectivity index (χ0) is 18.2. The second kappa shape index (κ2) is 9.18. The molecule has 5 heteroatoms. The molecule has 0 amide bonds. The molecule has 0 radical (unpaired) electrons. The molecule has 132 valence electrons. The Kier molecular flexibility index (Phi) is 6.95. The van der Waals surface area contributed by atoms with Crippen LogP contribution in [0.2, 0.25) is 0 Å². The Bertz CT molecular complexity index is 738. The van der Waals surface area contributed by atoms with Crippen LogP contribution in [-0.4, -0.2) is 24.9 Å². The molecule has 0 aliphatic rings. The van der Waals surface area contributed by atoms with Crippen LogP contribution in [0.1, 0.15) is 30.0 Å². The van der Waals surface area contributed by atoms with Crippen LogP contribution >= 0.6 is 12.2 Å². The summed E-state index contributed by atoms with van der Waals surface area (Å²) < 4.78 is 0. The maximum absolute atomic E-state index is 5.30. The van der Waals surface area contributed by atoms with Crippen molar-refractivity contribution in [2.75, 3.05) is 23.8 Å². The summed E-state index contributed by atoms with van der Waals surface area (Å²) in [7, 11) is 2.10. The highest BCUT2D eigenvalue weighted by Gasteiger charge is 2.02. The quantitative estimate of drug-likeness (QED) is 0.456. The molecule has 2 N–H and O–H groups in total. The van der Waals surface area contributed by atoms with E-state index in [9.17, 15) is 0 Å². The van der Waals surface area contributed by atoms with Crippen molar-refractivity contribution in [3.63, 3.8) is 0 Å². The van der Waals surface area contributed by atoms with Crippen molar-refractivity contribution in [2.24, 2.45) is 5.10 Å². The largest absolute Gasteiger partial charge is 0.375 e. The molecular formula is C20H26N4S. The third-order valence-electron chi connectivity index (χ3n) is 4.13. The molecule has 2 aromatic rings. The molecule has 0 heterocycles. The SMILES string of the molecule is CCCN(C)c1ccc(/C=N\NC(=S)Nc2cccc(C)c2C)cc1. The standard InChI is InChI=1S/C20H26N4S/c1-5-13-24(4)18-11-9-17(10-12-18)14-21-23-20(25)22-19-8-6-7-15(2)16(19)3/h6-12,14H,5,13H2,1-4H3,(H2,22,23,25)/b21-14-. The minimum atomic E-state index is 0.476. The van der Waals surface area contributed by atoms with Crippen LogP contribution < -0.4 is 15.6 Å². The van der Waals surface area contributed by atoms with E-state index in [0.29, 0.717) is 5.11 Å². The molecule has 0 aliphatic carbocycles. The second-order valence-corrected chi connectivity index (χ2v) is 6.49. The molecule has 2 aromatic carbocycles. The number of benzene rings is 2. The molecule has 0 unspecified atom stereocenters. The van der Waals surface area contributed by atoms with Gasteiger partial charge < -0.3 is 10.2 Å². The number of rotatable bonds is 6. The van der Waals surface area contributed by atoms with Crippen molar-refractivity contribution < 1.29 is 0 Å². The molecule has 0 aromatic heterocycles. The van der Waals surface area contributed by atoms with Crippen LogP contribution in [0.3, 0.4) is 0 Å². The zero-order valence-corrected chi connectivity index (χ0v) is 16.2. The predicted octanol–water partition coefficient (Wildman–Crippen LogP) is 4.47. The highest BCUT2D eigenvalue weighted by atomic mass is 32.1. The molecule has 4 nitrogen and oxygen atoms in total. The van der Waals surface area contributed by atoms with E-state index >= 15 is 0 Å². The van der Waals surface area contributed by atoms with E-state index in [-0.39, 0.29) is 0 Å². The van der Waals surface area contributed by atoms with Gasteiger partial charge >= 0.3 is 0 Å². The van der Waals surface area contributed by atoms with Gasteiger partial charge in [0, 0.05) is 25.0 Å². The number of aryl methyl sites for hydroxylation is 1. The lowest BCUT2D eigenvalue weighted by Crippen LogP contribution is -2.24. The predicted molar refractivity (Wildman–Crippen MR) is 113 cm³/mol. The summed E-state index contributed by atoms with van der Waals surface area (Å²) in [5.41, 5.74) is 8.50. The average molecular weight is 355 g/mol. The minimum Gasteiger partial charge on any atom is -0.375 e. The lowest BCUT2D eigenvalue weighted by atomic mass is 10.1. The van der Waals surface area contributed by atoms with Crippen LogP contribution in [0.5, 0.6) is 0 Å². The van der Waals surface area contributed by atoms with E-state index < -0.39 is 0 Å². The maximum Gasteiger partial charge on any atom is 0.191 e. The van der Waals surface area contributed by atoms with Crippen molar-refractivity contribution in [3.05, 3.63) is 59.2 Å². The number of hydrazone groups is 1.